The molecule has 0 aliphatic heterocycles. The van der Waals surface area contributed by atoms with Crippen molar-refractivity contribution >= 4 is 33.7 Å². The van der Waals surface area contributed by atoms with Crippen LogP contribution in [0.3, 0.4) is 0 Å². The first-order valence-corrected chi connectivity index (χ1v) is 18.2. The molecule has 54 heavy (non-hydrogen) atoms. The number of aliphatic hydroxyl groups is 2. The summed E-state index contributed by atoms with van der Waals surface area (Å²) in [4.78, 5) is 16.6. The second-order valence-corrected chi connectivity index (χ2v) is 14.5. The molecule has 0 radical (unpaired) electrons. The van der Waals surface area contributed by atoms with E-state index in [1.54, 1.807) is 9.13 Å². The second-order valence-electron chi connectivity index (χ2n) is 14.5. The van der Waals surface area contributed by atoms with E-state index < -0.39 is 51.0 Å². The van der Waals surface area contributed by atoms with Gasteiger partial charge in [0.1, 0.15) is 85.2 Å². The molecule has 4 aliphatic carbocycles. The van der Waals surface area contributed by atoms with E-state index in [-0.39, 0.29) is 23.5 Å². The molecule has 284 valence electrons. The third-order valence-corrected chi connectivity index (χ3v) is 11.1. The predicted molar refractivity (Wildman–Crippen MR) is 187 cm³/mol. The van der Waals surface area contributed by atoms with Crippen LogP contribution in [0.4, 0.5) is 29.2 Å². The monoisotopic (exact) mass is 750 g/mol. The van der Waals surface area contributed by atoms with Crippen molar-refractivity contribution in [2.75, 3.05) is 38.2 Å². The molecule has 0 amide bonds. The number of rotatable bonds is 8. The van der Waals surface area contributed by atoms with Gasteiger partial charge in [-0.2, -0.15) is 0 Å². The van der Waals surface area contributed by atoms with Crippen LogP contribution in [0.25, 0.3) is 44.6 Å². The predicted octanol–water partition coefficient (Wildman–Crippen LogP) is 6.01. The summed E-state index contributed by atoms with van der Waals surface area (Å²) in [7, 11) is 0. The van der Waals surface area contributed by atoms with Crippen molar-refractivity contribution in [3.63, 3.8) is 0 Å². The summed E-state index contributed by atoms with van der Waals surface area (Å²) in [6, 6.07) is -2.03. The first-order valence-electron chi connectivity index (χ1n) is 18.2. The minimum absolute atomic E-state index is 0.213. The maximum Gasteiger partial charge on any atom is 0.146 e. The van der Waals surface area contributed by atoms with Crippen LogP contribution in [-0.4, -0.2) is 76.3 Å². The van der Waals surface area contributed by atoms with E-state index in [0.29, 0.717) is 104 Å². The smallest absolute Gasteiger partial charge is 0.146 e. The lowest BCUT2D eigenvalue weighted by molar-refractivity contribution is 0.165. The molecule has 18 heteroatoms. The Bertz CT molecular complexity index is 2210. The Morgan fingerprint density at radius 3 is 1.37 bits per heavy atom. The van der Waals surface area contributed by atoms with Gasteiger partial charge in [0, 0.05) is 34.4 Å². The average Bonchev–Trinajstić information content (AvgIpc) is 4.08. The zero-order chi connectivity index (χ0) is 37.4. The first kappa shape index (κ1) is 34.7. The highest BCUT2D eigenvalue weighted by Crippen LogP contribution is 2.52. The minimum atomic E-state index is -1.01. The molecule has 2 atom stereocenters. The quantitative estimate of drug-likeness (QED) is 0.132. The highest BCUT2D eigenvalue weighted by Gasteiger charge is 2.41. The molecule has 0 bridgehead atoms. The molecule has 6 heterocycles. The van der Waals surface area contributed by atoms with Crippen LogP contribution >= 0.6 is 0 Å². The highest BCUT2D eigenvalue weighted by atomic mass is 19.1. The van der Waals surface area contributed by atoms with Crippen LogP contribution in [0.15, 0.2) is 21.7 Å². The molecule has 6 N–H and O–H groups in total. The molecule has 6 aromatic rings. The minimum Gasteiger partial charge on any atom is -0.388 e. The summed E-state index contributed by atoms with van der Waals surface area (Å²) in [5.74, 6) is 2.37. The summed E-state index contributed by atoms with van der Waals surface area (Å²) in [6.07, 6.45) is 6.71. The molecular weight excluding hydrogens is 712 g/mol. The van der Waals surface area contributed by atoms with Gasteiger partial charge in [-0.25, -0.2) is 37.5 Å². The Hall–Kier alpha value is -5.10. The van der Waals surface area contributed by atoms with Gasteiger partial charge in [0.15, 0.2) is 0 Å². The van der Waals surface area contributed by atoms with E-state index in [2.05, 4.69) is 30.2 Å². The number of nitrogens with two attached hydrogens (primary N) is 2. The van der Waals surface area contributed by atoms with Crippen molar-refractivity contribution in [1.29, 1.82) is 0 Å². The molecule has 0 saturated heterocycles. The summed E-state index contributed by atoms with van der Waals surface area (Å²) < 4.78 is 68.6. The van der Waals surface area contributed by atoms with Crippen LogP contribution in [0.1, 0.15) is 109 Å². The maximum atomic E-state index is 13.6. The standard InChI is InChI=1S/2C18H19F2N5O2/c2*19-5-9(6-20)25-10-3-4-11(26)13-15(24-27-16(13)8-1-2-8)12(10)14-17(21)22-7-23-18(14)25/h2*7-9,11,26H,1-6H2,(H2,21,22,23)/t2*11-/m10/s1. The molecule has 6 aromatic heterocycles. The van der Waals surface area contributed by atoms with Gasteiger partial charge in [-0.05, 0) is 51.4 Å². The Kier molecular flexibility index (Phi) is 8.56. The SMILES string of the molecule is Nc1ncnc2c1c1c(n2C(CF)CF)CC[C@@H](O)c2c-1noc2C1CC1.Nc1ncnc2c1c1c(n2C(CF)CF)CC[C@H](O)c2c-1noc2C1CC1. The number of aliphatic hydroxyl groups excluding tert-OH is 2. The lowest BCUT2D eigenvalue weighted by Crippen LogP contribution is -2.17. The van der Waals surface area contributed by atoms with Crippen molar-refractivity contribution in [2.24, 2.45) is 0 Å². The zero-order valence-electron chi connectivity index (χ0n) is 29.1. The summed E-state index contributed by atoms with van der Waals surface area (Å²) >= 11 is 0. The average molecular weight is 751 g/mol. The molecule has 14 nitrogen and oxygen atoms in total. The van der Waals surface area contributed by atoms with Gasteiger partial charge in [0.05, 0.1) is 46.2 Å². The molecule has 2 saturated carbocycles. The van der Waals surface area contributed by atoms with Gasteiger partial charge in [-0.15, -0.1) is 0 Å². The van der Waals surface area contributed by atoms with Crippen LogP contribution in [0, 0.1) is 0 Å². The van der Waals surface area contributed by atoms with Crippen molar-refractivity contribution in [3.8, 4) is 22.5 Å². The number of aromatic nitrogens is 8. The van der Waals surface area contributed by atoms with Gasteiger partial charge < -0.3 is 39.9 Å². The number of nitrogen functional groups attached to an aromatic ring is 2. The van der Waals surface area contributed by atoms with Gasteiger partial charge in [0.2, 0.25) is 0 Å². The summed E-state index contributed by atoms with van der Waals surface area (Å²) in [5, 5.41) is 31.0. The topological polar surface area (TPSA) is 206 Å². The number of alkyl halides is 4. The summed E-state index contributed by atoms with van der Waals surface area (Å²) in [6.45, 7) is -3.51. The lowest BCUT2D eigenvalue weighted by Gasteiger charge is -2.17. The van der Waals surface area contributed by atoms with Crippen LogP contribution in [0.5, 0.6) is 0 Å². The Morgan fingerprint density at radius 2 is 1.02 bits per heavy atom. The number of anilines is 2. The van der Waals surface area contributed by atoms with Gasteiger partial charge in [0.25, 0.3) is 0 Å². The Balaban J connectivity index is 0.000000142. The van der Waals surface area contributed by atoms with Crippen molar-refractivity contribution in [3.05, 3.63) is 46.7 Å². The number of halogens is 4. The van der Waals surface area contributed by atoms with Crippen molar-refractivity contribution < 1.29 is 36.8 Å². The van der Waals surface area contributed by atoms with E-state index >= 15 is 0 Å². The normalized spacial score (nSPS) is 19.3. The fraction of sp³-hybridized carbons (Fsp3) is 0.500. The van der Waals surface area contributed by atoms with Crippen LogP contribution in [-0.2, 0) is 12.8 Å². The largest absolute Gasteiger partial charge is 0.388 e. The van der Waals surface area contributed by atoms with E-state index in [4.69, 9.17) is 20.5 Å². The molecule has 0 aromatic carbocycles. The molecule has 0 spiro atoms. The molecule has 2 fully saturated rings. The maximum absolute atomic E-state index is 13.6. The summed E-state index contributed by atoms with van der Waals surface area (Å²) in [5.41, 5.74) is 17.9. The molecular formula is C36H38F4N10O4. The lowest BCUT2D eigenvalue weighted by atomic mass is 10.0. The fourth-order valence-corrected chi connectivity index (χ4v) is 8.30. The van der Waals surface area contributed by atoms with E-state index in [1.165, 1.54) is 12.7 Å². The third-order valence-electron chi connectivity index (χ3n) is 11.1. The number of hydrogen-bond donors (Lipinski definition) is 4. The second kappa shape index (κ2) is 13.3. The first-order chi connectivity index (χ1) is 26.3. The molecule has 10 rings (SSSR count). The van der Waals surface area contributed by atoms with Crippen molar-refractivity contribution in [2.45, 2.75) is 87.5 Å². The van der Waals surface area contributed by atoms with Crippen LogP contribution < -0.4 is 11.5 Å². The number of fused-ring (bicyclic) bond motifs is 10. The van der Waals surface area contributed by atoms with E-state index in [0.717, 1.165) is 25.7 Å². The zero-order valence-corrected chi connectivity index (χ0v) is 29.1. The Morgan fingerprint density at radius 1 is 0.630 bits per heavy atom. The van der Waals surface area contributed by atoms with Gasteiger partial charge >= 0.3 is 0 Å². The van der Waals surface area contributed by atoms with Gasteiger partial charge in [-0.1, -0.05) is 10.3 Å². The van der Waals surface area contributed by atoms with Gasteiger partial charge in [-0.3, -0.25) is 0 Å². The van der Waals surface area contributed by atoms with E-state index in [9.17, 15) is 27.8 Å². The fourth-order valence-electron chi connectivity index (χ4n) is 8.30. The number of hydrogen-bond acceptors (Lipinski definition) is 12. The third kappa shape index (κ3) is 5.27. The highest BCUT2D eigenvalue weighted by molar-refractivity contribution is 6.03. The number of nitrogens with zero attached hydrogens (tertiary/aromatic N) is 8. The van der Waals surface area contributed by atoms with E-state index in [1.807, 2.05) is 0 Å². The molecule has 0 unspecified atom stereocenters. The molecule has 4 aliphatic rings. The van der Waals surface area contributed by atoms with Crippen LogP contribution in [0.2, 0.25) is 0 Å². The Labute approximate surface area is 304 Å². The van der Waals surface area contributed by atoms with Crippen molar-refractivity contribution in [1.82, 2.24) is 39.4 Å².